The van der Waals surface area contributed by atoms with Crippen LogP contribution in [0.25, 0.3) is 10.8 Å². The first kappa shape index (κ1) is 16.5. The van der Waals surface area contributed by atoms with E-state index in [9.17, 15) is 4.79 Å². The van der Waals surface area contributed by atoms with Crippen molar-refractivity contribution in [3.8, 4) is 11.5 Å². The summed E-state index contributed by atoms with van der Waals surface area (Å²) < 4.78 is 13.3. The summed E-state index contributed by atoms with van der Waals surface area (Å²) in [5, 5.41) is 5.64. The average Bonchev–Trinajstić information content (AvgIpc) is 2.57. The maximum Gasteiger partial charge on any atom is 0.274 e. The van der Waals surface area contributed by atoms with Crippen LogP contribution in [0.5, 0.6) is 11.5 Å². The van der Waals surface area contributed by atoms with Gasteiger partial charge in [0.25, 0.3) is 5.56 Å². The molecular weight excluding hydrogens is 372 g/mol. The first-order valence-electron chi connectivity index (χ1n) is 7.60. The molecule has 0 saturated heterocycles. The molecule has 0 aliphatic carbocycles. The Morgan fingerprint density at radius 1 is 1.21 bits per heavy atom. The van der Waals surface area contributed by atoms with E-state index in [2.05, 4.69) is 27.1 Å². The maximum absolute atomic E-state index is 12.4. The number of fused-ring (bicyclic) bond motifs is 1. The number of benzene rings is 2. The SMILES string of the molecule is CCOc1[c]c(OCCn2ncc3cc(Br)ccc3c2=O)ccc1. The van der Waals surface area contributed by atoms with Crippen LogP contribution in [-0.4, -0.2) is 23.0 Å². The Morgan fingerprint density at radius 2 is 2.00 bits per heavy atom. The van der Waals surface area contributed by atoms with Gasteiger partial charge in [-0.05, 0) is 37.3 Å². The summed E-state index contributed by atoms with van der Waals surface area (Å²) in [6.45, 7) is 3.17. The maximum atomic E-state index is 12.4. The summed E-state index contributed by atoms with van der Waals surface area (Å²) in [4.78, 5) is 12.4. The third kappa shape index (κ3) is 3.76. The zero-order valence-electron chi connectivity index (χ0n) is 13.2. The molecule has 3 rings (SSSR count). The van der Waals surface area contributed by atoms with Crippen molar-refractivity contribution in [3.05, 3.63) is 63.5 Å². The van der Waals surface area contributed by atoms with Gasteiger partial charge in [0.15, 0.2) is 0 Å². The van der Waals surface area contributed by atoms with Crippen molar-refractivity contribution in [1.29, 1.82) is 0 Å². The Bertz CT molecular complexity index is 908. The summed E-state index contributed by atoms with van der Waals surface area (Å²) >= 11 is 3.39. The molecule has 123 valence electrons. The molecule has 6 heteroatoms. The van der Waals surface area contributed by atoms with E-state index in [-0.39, 0.29) is 5.56 Å². The fraction of sp³-hybridized carbons (Fsp3) is 0.222. The highest BCUT2D eigenvalue weighted by molar-refractivity contribution is 9.10. The summed E-state index contributed by atoms with van der Waals surface area (Å²) in [5.74, 6) is 1.22. The number of rotatable bonds is 6. The van der Waals surface area contributed by atoms with E-state index in [1.807, 2.05) is 31.2 Å². The number of hydrogen-bond acceptors (Lipinski definition) is 4. The second-order valence-corrected chi connectivity index (χ2v) is 5.98. The summed E-state index contributed by atoms with van der Waals surface area (Å²) in [7, 11) is 0. The van der Waals surface area contributed by atoms with Crippen LogP contribution < -0.4 is 15.0 Å². The minimum absolute atomic E-state index is 0.129. The van der Waals surface area contributed by atoms with E-state index >= 15 is 0 Å². The van der Waals surface area contributed by atoms with Crippen LogP contribution in [0, 0.1) is 6.07 Å². The molecule has 2 aromatic carbocycles. The lowest BCUT2D eigenvalue weighted by Gasteiger charge is -2.09. The predicted octanol–water partition coefficient (Wildman–Crippen LogP) is 3.44. The Morgan fingerprint density at radius 3 is 2.79 bits per heavy atom. The smallest absolute Gasteiger partial charge is 0.274 e. The van der Waals surface area contributed by atoms with Crippen molar-refractivity contribution in [2.75, 3.05) is 13.2 Å². The molecule has 5 nitrogen and oxygen atoms in total. The van der Waals surface area contributed by atoms with Crippen molar-refractivity contribution in [2.24, 2.45) is 0 Å². The van der Waals surface area contributed by atoms with E-state index in [0.29, 0.717) is 36.6 Å². The minimum atomic E-state index is -0.129. The highest BCUT2D eigenvalue weighted by Gasteiger charge is 2.05. The third-order valence-electron chi connectivity index (χ3n) is 3.42. The van der Waals surface area contributed by atoms with Crippen LogP contribution in [0.3, 0.4) is 0 Å². The minimum Gasteiger partial charge on any atom is -0.493 e. The van der Waals surface area contributed by atoms with Crippen LogP contribution >= 0.6 is 15.9 Å². The number of hydrogen-bond donors (Lipinski definition) is 0. The van der Waals surface area contributed by atoms with Gasteiger partial charge >= 0.3 is 0 Å². The van der Waals surface area contributed by atoms with Crippen molar-refractivity contribution in [2.45, 2.75) is 13.5 Å². The first-order valence-corrected chi connectivity index (χ1v) is 8.40. The van der Waals surface area contributed by atoms with Crippen LogP contribution in [0.15, 0.2) is 51.9 Å². The van der Waals surface area contributed by atoms with E-state index in [1.165, 1.54) is 4.68 Å². The molecule has 0 saturated carbocycles. The standard InChI is InChI=1S/C18H16BrN2O3/c1-2-23-15-4-3-5-16(11-15)24-9-8-21-18(22)17-7-6-14(19)10-13(17)12-20-21/h3-7,10,12H,2,8-9H2,1H3. The van der Waals surface area contributed by atoms with Crippen molar-refractivity contribution in [1.82, 2.24) is 9.78 Å². The summed E-state index contributed by atoms with van der Waals surface area (Å²) in [6.07, 6.45) is 1.68. The van der Waals surface area contributed by atoms with Crippen LogP contribution in [0.2, 0.25) is 0 Å². The van der Waals surface area contributed by atoms with Crippen molar-refractivity contribution in [3.63, 3.8) is 0 Å². The van der Waals surface area contributed by atoms with Gasteiger partial charge in [-0.25, -0.2) is 4.68 Å². The molecule has 0 N–H and O–H groups in total. The van der Waals surface area contributed by atoms with Gasteiger partial charge in [0.1, 0.15) is 18.1 Å². The summed E-state index contributed by atoms with van der Waals surface area (Å²) in [6, 6.07) is 14.0. The highest BCUT2D eigenvalue weighted by atomic mass is 79.9. The van der Waals surface area contributed by atoms with E-state index in [4.69, 9.17) is 9.47 Å². The van der Waals surface area contributed by atoms with E-state index in [0.717, 1.165) is 9.86 Å². The molecule has 0 fully saturated rings. The molecule has 1 heterocycles. The van der Waals surface area contributed by atoms with Gasteiger partial charge in [-0.15, -0.1) is 0 Å². The van der Waals surface area contributed by atoms with E-state index < -0.39 is 0 Å². The predicted molar refractivity (Wildman–Crippen MR) is 95.6 cm³/mol. The largest absolute Gasteiger partial charge is 0.493 e. The van der Waals surface area contributed by atoms with Gasteiger partial charge < -0.3 is 9.47 Å². The van der Waals surface area contributed by atoms with Crippen LogP contribution in [-0.2, 0) is 6.54 Å². The second kappa shape index (κ2) is 7.49. The monoisotopic (exact) mass is 387 g/mol. The molecule has 0 atom stereocenters. The Kier molecular flexibility index (Phi) is 5.15. The van der Waals surface area contributed by atoms with Gasteiger partial charge in [0.05, 0.1) is 30.8 Å². The molecule has 0 aliphatic heterocycles. The molecule has 0 spiro atoms. The molecule has 0 amide bonds. The normalized spacial score (nSPS) is 10.8. The lowest BCUT2D eigenvalue weighted by molar-refractivity contribution is 0.283. The molecule has 0 bridgehead atoms. The Balaban J connectivity index is 1.70. The quantitative estimate of drug-likeness (QED) is 0.649. The Labute approximate surface area is 148 Å². The van der Waals surface area contributed by atoms with Gasteiger partial charge in [-0.1, -0.05) is 22.0 Å². The lowest BCUT2D eigenvalue weighted by atomic mass is 10.2. The average molecular weight is 388 g/mol. The molecule has 24 heavy (non-hydrogen) atoms. The fourth-order valence-electron chi connectivity index (χ4n) is 2.31. The summed E-state index contributed by atoms with van der Waals surface area (Å²) in [5.41, 5.74) is -0.129. The number of ether oxygens (including phenoxy) is 2. The van der Waals surface area contributed by atoms with E-state index in [1.54, 1.807) is 18.3 Å². The Hall–Kier alpha value is -2.34. The number of halogens is 1. The molecular formula is C18H16BrN2O3. The molecule has 0 aliphatic rings. The molecule has 1 radical (unpaired) electrons. The molecule has 1 aromatic heterocycles. The fourth-order valence-corrected chi connectivity index (χ4v) is 2.69. The lowest BCUT2D eigenvalue weighted by Crippen LogP contribution is -2.25. The third-order valence-corrected chi connectivity index (χ3v) is 3.91. The number of aromatic nitrogens is 2. The highest BCUT2D eigenvalue weighted by Crippen LogP contribution is 2.18. The van der Waals surface area contributed by atoms with Crippen LogP contribution in [0.1, 0.15) is 6.92 Å². The van der Waals surface area contributed by atoms with Gasteiger partial charge in [0.2, 0.25) is 0 Å². The van der Waals surface area contributed by atoms with Gasteiger partial charge in [0, 0.05) is 9.86 Å². The number of nitrogens with zero attached hydrogens (tertiary/aromatic N) is 2. The van der Waals surface area contributed by atoms with Crippen LogP contribution in [0.4, 0.5) is 0 Å². The van der Waals surface area contributed by atoms with Crippen molar-refractivity contribution >= 4 is 26.7 Å². The van der Waals surface area contributed by atoms with Crippen molar-refractivity contribution < 1.29 is 9.47 Å². The molecule has 0 unspecified atom stereocenters. The zero-order chi connectivity index (χ0) is 16.9. The van der Waals surface area contributed by atoms with Gasteiger partial charge in [-0.3, -0.25) is 4.79 Å². The topological polar surface area (TPSA) is 53.4 Å². The zero-order valence-corrected chi connectivity index (χ0v) is 14.7. The second-order valence-electron chi connectivity index (χ2n) is 5.07. The molecule has 3 aromatic rings. The van der Waals surface area contributed by atoms with Gasteiger partial charge in [-0.2, -0.15) is 5.10 Å². The first-order chi connectivity index (χ1) is 11.7.